The van der Waals surface area contributed by atoms with E-state index >= 15 is 0 Å². The molecule has 0 fully saturated rings. The van der Waals surface area contributed by atoms with Crippen LogP contribution in [0.25, 0.3) is 0 Å². The third-order valence-corrected chi connectivity index (χ3v) is 4.87. The Bertz CT molecular complexity index is 458. The monoisotopic (exact) mass is 261 g/mol. The van der Waals surface area contributed by atoms with Crippen LogP contribution in [0.3, 0.4) is 0 Å². The molecule has 0 heterocycles. The van der Waals surface area contributed by atoms with Gasteiger partial charge in [0.05, 0.1) is 6.61 Å². The predicted molar refractivity (Wildman–Crippen MR) is 63.7 cm³/mol. The lowest BCUT2D eigenvalue weighted by Crippen LogP contribution is -2.37. The first-order valence-electron chi connectivity index (χ1n) is 5.25. The standard InChI is InChI=1S/C11H16FNO3S/c1-2-17(15,16)10(7-14)11(13)8-3-5-9(12)6-4-8/h3-6,10-11,14H,2,7,13H2,1H3/t10-,11+/m0/s1. The molecule has 3 N–H and O–H groups in total. The summed E-state index contributed by atoms with van der Waals surface area (Å²) in [7, 11) is -3.44. The number of rotatable bonds is 5. The molecule has 1 rings (SSSR count). The Hall–Kier alpha value is -0.980. The third kappa shape index (κ3) is 3.24. The second kappa shape index (κ2) is 5.57. The SMILES string of the molecule is CCS(=O)(=O)[C@@H](CO)[C@H](N)c1ccc(F)cc1. The zero-order chi connectivity index (χ0) is 13.1. The second-order valence-electron chi connectivity index (χ2n) is 3.75. The van der Waals surface area contributed by atoms with E-state index in [0.717, 1.165) is 0 Å². The lowest BCUT2D eigenvalue weighted by molar-refractivity contribution is 0.277. The lowest BCUT2D eigenvalue weighted by Gasteiger charge is -2.21. The molecule has 0 spiro atoms. The minimum Gasteiger partial charge on any atom is -0.395 e. The fourth-order valence-electron chi connectivity index (χ4n) is 1.56. The van der Waals surface area contributed by atoms with E-state index in [2.05, 4.69) is 0 Å². The summed E-state index contributed by atoms with van der Waals surface area (Å²) in [5.74, 6) is -0.507. The number of hydrogen-bond acceptors (Lipinski definition) is 4. The highest BCUT2D eigenvalue weighted by molar-refractivity contribution is 7.92. The molecule has 17 heavy (non-hydrogen) atoms. The highest BCUT2D eigenvalue weighted by atomic mass is 32.2. The third-order valence-electron chi connectivity index (χ3n) is 2.70. The molecule has 0 bridgehead atoms. The van der Waals surface area contributed by atoms with Gasteiger partial charge in [0.2, 0.25) is 0 Å². The van der Waals surface area contributed by atoms with E-state index in [-0.39, 0.29) is 5.75 Å². The smallest absolute Gasteiger partial charge is 0.157 e. The van der Waals surface area contributed by atoms with E-state index in [0.29, 0.717) is 5.56 Å². The molecule has 0 unspecified atom stereocenters. The van der Waals surface area contributed by atoms with Gasteiger partial charge in [-0.05, 0) is 17.7 Å². The Morgan fingerprint density at radius 2 is 1.88 bits per heavy atom. The number of sulfone groups is 1. The van der Waals surface area contributed by atoms with Gasteiger partial charge in [0, 0.05) is 11.8 Å². The summed E-state index contributed by atoms with van der Waals surface area (Å²) in [5.41, 5.74) is 6.29. The van der Waals surface area contributed by atoms with Gasteiger partial charge in [-0.25, -0.2) is 12.8 Å². The Morgan fingerprint density at radius 3 is 2.29 bits per heavy atom. The van der Waals surface area contributed by atoms with Crippen molar-refractivity contribution < 1.29 is 17.9 Å². The maximum Gasteiger partial charge on any atom is 0.157 e. The summed E-state index contributed by atoms with van der Waals surface area (Å²) in [5, 5.41) is 8.09. The summed E-state index contributed by atoms with van der Waals surface area (Å²) in [6, 6.07) is 4.41. The molecule has 0 amide bonds. The van der Waals surface area contributed by atoms with Gasteiger partial charge in [0.1, 0.15) is 11.1 Å². The van der Waals surface area contributed by atoms with Crippen LogP contribution in [0.4, 0.5) is 4.39 Å². The molecular weight excluding hydrogens is 245 g/mol. The van der Waals surface area contributed by atoms with E-state index in [1.807, 2.05) is 0 Å². The van der Waals surface area contributed by atoms with Gasteiger partial charge in [-0.3, -0.25) is 0 Å². The van der Waals surface area contributed by atoms with Crippen LogP contribution >= 0.6 is 0 Å². The van der Waals surface area contributed by atoms with Crippen LogP contribution in [0.2, 0.25) is 0 Å². The Balaban J connectivity index is 3.02. The number of aliphatic hydroxyl groups excluding tert-OH is 1. The second-order valence-corrected chi connectivity index (χ2v) is 6.26. The first kappa shape index (κ1) is 14.1. The van der Waals surface area contributed by atoms with Gasteiger partial charge in [-0.2, -0.15) is 0 Å². The molecule has 1 aromatic rings. The molecule has 4 nitrogen and oxygen atoms in total. The van der Waals surface area contributed by atoms with Crippen molar-refractivity contribution in [2.24, 2.45) is 5.73 Å². The van der Waals surface area contributed by atoms with Crippen molar-refractivity contribution in [1.29, 1.82) is 0 Å². The van der Waals surface area contributed by atoms with Gasteiger partial charge < -0.3 is 10.8 Å². The first-order valence-corrected chi connectivity index (χ1v) is 6.97. The molecule has 0 saturated carbocycles. The highest BCUT2D eigenvalue weighted by Crippen LogP contribution is 2.20. The van der Waals surface area contributed by atoms with Crippen molar-refractivity contribution in [1.82, 2.24) is 0 Å². The fraction of sp³-hybridized carbons (Fsp3) is 0.455. The summed E-state index contributed by atoms with van der Waals surface area (Å²) < 4.78 is 36.1. The van der Waals surface area contributed by atoms with Crippen LogP contribution in [0.5, 0.6) is 0 Å². The number of aliphatic hydroxyl groups is 1. The normalized spacial score (nSPS) is 15.5. The van der Waals surface area contributed by atoms with E-state index < -0.39 is 33.6 Å². The zero-order valence-corrected chi connectivity index (χ0v) is 10.3. The maximum absolute atomic E-state index is 12.7. The Morgan fingerprint density at radius 1 is 1.35 bits per heavy atom. The average molecular weight is 261 g/mol. The van der Waals surface area contributed by atoms with Gasteiger partial charge in [-0.15, -0.1) is 0 Å². The summed E-state index contributed by atoms with van der Waals surface area (Å²) >= 11 is 0. The molecule has 0 aliphatic rings. The van der Waals surface area contributed by atoms with Crippen LogP contribution in [0.1, 0.15) is 18.5 Å². The van der Waals surface area contributed by atoms with Crippen LogP contribution in [0, 0.1) is 5.82 Å². The molecule has 0 saturated heterocycles. The number of hydrogen-bond donors (Lipinski definition) is 2. The molecule has 0 aliphatic heterocycles. The average Bonchev–Trinajstić information content (AvgIpc) is 2.30. The maximum atomic E-state index is 12.7. The molecule has 0 aliphatic carbocycles. The van der Waals surface area contributed by atoms with Gasteiger partial charge in [0.15, 0.2) is 9.84 Å². The number of nitrogens with two attached hydrogens (primary N) is 1. The molecular formula is C11H16FNO3S. The van der Waals surface area contributed by atoms with E-state index in [9.17, 15) is 12.8 Å². The van der Waals surface area contributed by atoms with Crippen molar-refractivity contribution in [3.63, 3.8) is 0 Å². The van der Waals surface area contributed by atoms with E-state index in [1.165, 1.54) is 31.2 Å². The van der Waals surface area contributed by atoms with E-state index in [4.69, 9.17) is 10.8 Å². The van der Waals surface area contributed by atoms with Crippen molar-refractivity contribution in [2.75, 3.05) is 12.4 Å². The minimum absolute atomic E-state index is 0.0902. The molecule has 0 aromatic heterocycles. The van der Waals surface area contributed by atoms with Crippen LogP contribution in [0.15, 0.2) is 24.3 Å². The van der Waals surface area contributed by atoms with Crippen LogP contribution < -0.4 is 5.73 Å². The quantitative estimate of drug-likeness (QED) is 0.814. The molecule has 1 aromatic carbocycles. The summed E-state index contributed by atoms with van der Waals surface area (Å²) in [6.45, 7) is 0.949. The number of benzene rings is 1. The number of halogens is 1. The molecule has 0 radical (unpaired) electrons. The van der Waals surface area contributed by atoms with Crippen LogP contribution in [-0.2, 0) is 9.84 Å². The summed E-state index contributed by atoms with van der Waals surface area (Å²) in [6.07, 6.45) is 0. The predicted octanol–water partition coefficient (Wildman–Crippen LogP) is 0.621. The van der Waals surface area contributed by atoms with Gasteiger partial charge in [0.25, 0.3) is 0 Å². The summed E-state index contributed by atoms with van der Waals surface area (Å²) in [4.78, 5) is 0. The topological polar surface area (TPSA) is 80.4 Å². The molecule has 96 valence electrons. The lowest BCUT2D eigenvalue weighted by atomic mass is 10.0. The van der Waals surface area contributed by atoms with Crippen molar-refractivity contribution >= 4 is 9.84 Å². The zero-order valence-electron chi connectivity index (χ0n) is 9.51. The van der Waals surface area contributed by atoms with E-state index in [1.54, 1.807) is 0 Å². The van der Waals surface area contributed by atoms with Crippen molar-refractivity contribution in [2.45, 2.75) is 18.2 Å². The van der Waals surface area contributed by atoms with Crippen molar-refractivity contribution in [3.8, 4) is 0 Å². The molecule has 6 heteroatoms. The Kier molecular flexibility index (Phi) is 4.62. The Labute approximate surface area is 100 Å². The highest BCUT2D eigenvalue weighted by Gasteiger charge is 2.30. The minimum atomic E-state index is -3.44. The fourth-order valence-corrected chi connectivity index (χ4v) is 2.82. The van der Waals surface area contributed by atoms with Crippen LogP contribution in [-0.4, -0.2) is 31.1 Å². The largest absolute Gasteiger partial charge is 0.395 e. The van der Waals surface area contributed by atoms with Gasteiger partial charge >= 0.3 is 0 Å². The molecule has 2 atom stereocenters. The van der Waals surface area contributed by atoms with Gasteiger partial charge in [-0.1, -0.05) is 19.1 Å². The van der Waals surface area contributed by atoms with Crippen molar-refractivity contribution in [3.05, 3.63) is 35.6 Å². The first-order chi connectivity index (χ1) is 7.92.